The largest absolute Gasteiger partial charge is 0.481 e. The van der Waals surface area contributed by atoms with Gasteiger partial charge in [0.2, 0.25) is 0 Å². The van der Waals surface area contributed by atoms with Gasteiger partial charge in [-0.1, -0.05) is 0 Å². The first kappa shape index (κ1) is 9.24. The summed E-state index contributed by atoms with van der Waals surface area (Å²) in [7, 11) is 0. The van der Waals surface area contributed by atoms with Crippen LogP contribution in [-0.2, 0) is 11.2 Å². The minimum absolute atomic E-state index is 0.00176. The quantitative estimate of drug-likeness (QED) is 0.561. The van der Waals surface area contributed by atoms with E-state index in [1.54, 1.807) is 6.92 Å². The average molecular weight is 183 g/mol. The number of aliphatic carboxylic acids is 1. The van der Waals surface area contributed by atoms with Crippen molar-refractivity contribution in [2.24, 2.45) is 0 Å². The summed E-state index contributed by atoms with van der Waals surface area (Å²) in [5.41, 5.74) is 4.88. The Balaban J connectivity index is 3.21. The maximum absolute atomic E-state index is 11.2. The molecule has 0 saturated carbocycles. The molecule has 0 aliphatic carbocycles. The number of hydrogen-bond acceptors (Lipinski definition) is 4. The number of carboxylic acids is 1. The van der Waals surface area contributed by atoms with E-state index in [-0.39, 0.29) is 11.4 Å². The lowest BCUT2D eigenvalue weighted by molar-refractivity contribution is -0.136. The predicted octanol–water partition coefficient (Wildman–Crippen LogP) is -0.712. The molecule has 0 bridgehead atoms. The number of nitrogens with zero attached hydrogens (tertiary/aromatic N) is 1. The highest BCUT2D eigenvalue weighted by molar-refractivity contribution is 5.71. The Morgan fingerprint density at radius 2 is 2.31 bits per heavy atom. The van der Waals surface area contributed by atoms with E-state index in [1.807, 2.05) is 0 Å². The molecule has 0 fully saturated rings. The Labute approximate surface area is 73.4 Å². The molecule has 1 aromatic heterocycles. The van der Waals surface area contributed by atoms with Crippen LogP contribution < -0.4 is 11.3 Å². The van der Waals surface area contributed by atoms with E-state index in [0.29, 0.717) is 5.82 Å². The smallest absolute Gasteiger partial charge is 0.308 e. The van der Waals surface area contributed by atoms with Gasteiger partial charge in [-0.05, 0) is 6.92 Å². The lowest BCUT2D eigenvalue weighted by atomic mass is 10.2. The standard InChI is InChI=1S/C7H9N3O3/c1-3-9-6(8)4(2-5(11)12)7(13)10-3/h2H2,1H3,(H,11,12)(H3,8,9,10,13). The second-order valence-electron chi connectivity index (χ2n) is 2.59. The molecule has 6 heteroatoms. The Morgan fingerprint density at radius 3 is 2.77 bits per heavy atom. The van der Waals surface area contributed by atoms with Crippen LogP contribution in [0, 0.1) is 6.92 Å². The van der Waals surface area contributed by atoms with Gasteiger partial charge >= 0.3 is 5.97 Å². The van der Waals surface area contributed by atoms with Crippen molar-refractivity contribution in [3.63, 3.8) is 0 Å². The Morgan fingerprint density at radius 1 is 1.69 bits per heavy atom. The number of carboxylic acid groups (broad SMARTS) is 1. The van der Waals surface area contributed by atoms with Gasteiger partial charge in [-0.15, -0.1) is 0 Å². The van der Waals surface area contributed by atoms with E-state index >= 15 is 0 Å². The molecule has 1 rings (SSSR count). The average Bonchev–Trinajstić information content (AvgIpc) is 1.96. The number of anilines is 1. The van der Waals surface area contributed by atoms with Gasteiger partial charge in [0.05, 0.1) is 12.0 Å². The number of carbonyl (C=O) groups is 1. The highest BCUT2D eigenvalue weighted by Crippen LogP contribution is 2.02. The number of rotatable bonds is 2. The molecule has 6 nitrogen and oxygen atoms in total. The molecule has 70 valence electrons. The Kier molecular flexibility index (Phi) is 2.32. The second kappa shape index (κ2) is 3.26. The van der Waals surface area contributed by atoms with Gasteiger partial charge in [-0.2, -0.15) is 0 Å². The highest BCUT2D eigenvalue weighted by atomic mass is 16.4. The number of nitrogens with two attached hydrogens (primary N) is 1. The monoisotopic (exact) mass is 183 g/mol. The molecule has 0 aromatic carbocycles. The SMILES string of the molecule is Cc1nc(N)c(CC(=O)O)c(=O)[nH]1. The van der Waals surface area contributed by atoms with Gasteiger partial charge in [0.25, 0.3) is 5.56 Å². The first-order valence-electron chi connectivity index (χ1n) is 3.57. The Hall–Kier alpha value is -1.85. The van der Waals surface area contributed by atoms with Gasteiger partial charge in [0.15, 0.2) is 0 Å². The van der Waals surface area contributed by atoms with E-state index in [2.05, 4.69) is 9.97 Å². The van der Waals surface area contributed by atoms with Crippen LogP contribution in [0.1, 0.15) is 11.4 Å². The first-order valence-corrected chi connectivity index (χ1v) is 3.57. The number of hydrogen-bond donors (Lipinski definition) is 3. The lowest BCUT2D eigenvalue weighted by Gasteiger charge is -2.01. The van der Waals surface area contributed by atoms with Crippen LogP contribution in [0.25, 0.3) is 0 Å². The van der Waals surface area contributed by atoms with Crippen molar-refractivity contribution in [2.75, 3.05) is 5.73 Å². The number of nitrogens with one attached hydrogen (secondary N) is 1. The van der Waals surface area contributed by atoms with Gasteiger partial charge in [-0.3, -0.25) is 9.59 Å². The summed E-state index contributed by atoms with van der Waals surface area (Å²) in [6.45, 7) is 1.57. The zero-order valence-electron chi connectivity index (χ0n) is 7.00. The molecule has 0 aliphatic rings. The maximum Gasteiger partial charge on any atom is 0.308 e. The van der Waals surface area contributed by atoms with E-state index < -0.39 is 17.9 Å². The molecule has 1 heterocycles. The van der Waals surface area contributed by atoms with Crippen molar-refractivity contribution in [3.8, 4) is 0 Å². The highest BCUT2D eigenvalue weighted by Gasteiger charge is 2.10. The molecule has 0 saturated heterocycles. The van der Waals surface area contributed by atoms with Crippen molar-refractivity contribution >= 4 is 11.8 Å². The zero-order chi connectivity index (χ0) is 10.0. The van der Waals surface area contributed by atoms with Crippen LogP contribution in [0.4, 0.5) is 5.82 Å². The summed E-state index contributed by atoms with van der Waals surface area (Å²) in [6, 6.07) is 0. The van der Waals surface area contributed by atoms with Crippen LogP contribution in [0.2, 0.25) is 0 Å². The second-order valence-corrected chi connectivity index (χ2v) is 2.59. The summed E-state index contributed by atoms with van der Waals surface area (Å²) >= 11 is 0. The van der Waals surface area contributed by atoms with Crippen LogP contribution in [0.5, 0.6) is 0 Å². The number of H-pyrrole nitrogens is 1. The zero-order valence-corrected chi connectivity index (χ0v) is 7.00. The third-order valence-corrected chi connectivity index (χ3v) is 1.49. The molecule has 0 atom stereocenters. The van der Waals surface area contributed by atoms with Crippen LogP contribution in [0.15, 0.2) is 4.79 Å². The number of aromatic nitrogens is 2. The summed E-state index contributed by atoms with van der Waals surface area (Å²) in [4.78, 5) is 27.6. The van der Waals surface area contributed by atoms with Gasteiger partial charge < -0.3 is 15.8 Å². The minimum Gasteiger partial charge on any atom is -0.481 e. The van der Waals surface area contributed by atoms with Gasteiger partial charge in [-0.25, -0.2) is 4.98 Å². The van der Waals surface area contributed by atoms with Crippen LogP contribution in [-0.4, -0.2) is 21.0 Å². The molecular weight excluding hydrogens is 174 g/mol. The van der Waals surface area contributed by atoms with Crippen LogP contribution >= 0.6 is 0 Å². The molecule has 0 spiro atoms. The molecule has 0 unspecified atom stereocenters. The fraction of sp³-hybridized carbons (Fsp3) is 0.286. The molecule has 0 radical (unpaired) electrons. The van der Waals surface area contributed by atoms with Crippen molar-refractivity contribution < 1.29 is 9.90 Å². The first-order chi connectivity index (χ1) is 6.00. The molecule has 0 amide bonds. The van der Waals surface area contributed by atoms with Crippen molar-refractivity contribution in [2.45, 2.75) is 13.3 Å². The predicted molar refractivity (Wildman–Crippen MR) is 45.3 cm³/mol. The number of nitrogen functional groups attached to an aromatic ring is 1. The van der Waals surface area contributed by atoms with E-state index in [4.69, 9.17) is 10.8 Å². The third-order valence-electron chi connectivity index (χ3n) is 1.49. The maximum atomic E-state index is 11.2. The number of aryl methyl sites for hydroxylation is 1. The van der Waals surface area contributed by atoms with E-state index in [0.717, 1.165) is 0 Å². The van der Waals surface area contributed by atoms with Crippen molar-refractivity contribution in [1.82, 2.24) is 9.97 Å². The van der Waals surface area contributed by atoms with Gasteiger partial charge in [0.1, 0.15) is 11.6 Å². The summed E-state index contributed by atoms with van der Waals surface area (Å²) < 4.78 is 0. The molecule has 0 aliphatic heterocycles. The summed E-state index contributed by atoms with van der Waals surface area (Å²) in [6.07, 6.45) is -0.408. The topological polar surface area (TPSA) is 109 Å². The molecule has 1 aromatic rings. The van der Waals surface area contributed by atoms with Gasteiger partial charge in [0, 0.05) is 0 Å². The fourth-order valence-corrected chi connectivity index (χ4v) is 0.954. The van der Waals surface area contributed by atoms with Crippen LogP contribution in [0.3, 0.4) is 0 Å². The molecule has 4 N–H and O–H groups in total. The Bertz CT molecular complexity index is 396. The third kappa shape index (κ3) is 2.05. The van der Waals surface area contributed by atoms with E-state index in [1.165, 1.54) is 0 Å². The summed E-state index contributed by atoms with van der Waals surface area (Å²) in [5.74, 6) is -0.761. The summed E-state index contributed by atoms with van der Waals surface area (Å²) in [5, 5.41) is 8.45. The van der Waals surface area contributed by atoms with E-state index in [9.17, 15) is 9.59 Å². The molecule has 13 heavy (non-hydrogen) atoms. The van der Waals surface area contributed by atoms with Crippen molar-refractivity contribution in [1.29, 1.82) is 0 Å². The minimum atomic E-state index is -1.11. The fourth-order valence-electron chi connectivity index (χ4n) is 0.954. The molecular formula is C7H9N3O3. The number of aromatic amines is 1. The van der Waals surface area contributed by atoms with Crippen molar-refractivity contribution in [3.05, 3.63) is 21.7 Å². The lowest BCUT2D eigenvalue weighted by Crippen LogP contribution is -2.21. The normalized spacial score (nSPS) is 9.92.